The number of amidine groups is 1. The van der Waals surface area contributed by atoms with Crippen LogP contribution in [-0.4, -0.2) is 59.3 Å². The number of hydrogen-bond acceptors (Lipinski definition) is 9. The van der Waals surface area contributed by atoms with Gasteiger partial charge in [-0.15, -0.1) is 11.3 Å². The molecule has 0 aliphatic carbocycles. The molecule has 1 atom stereocenters. The van der Waals surface area contributed by atoms with Gasteiger partial charge >= 0.3 is 18.5 Å². The van der Waals surface area contributed by atoms with E-state index in [2.05, 4.69) is 20.3 Å². The van der Waals surface area contributed by atoms with Gasteiger partial charge in [-0.2, -0.15) is 39.5 Å². The number of nitrogens with one attached hydrogen (secondary N) is 1. The minimum absolute atomic E-state index is 0.0512. The molecular formula is C28H24F10N4O4S. The minimum atomic E-state index is -4.77. The van der Waals surface area contributed by atoms with Crippen LogP contribution in [0.3, 0.4) is 0 Å². The second-order valence-electron chi connectivity index (χ2n) is 10.6. The van der Waals surface area contributed by atoms with E-state index >= 15 is 4.39 Å². The summed E-state index contributed by atoms with van der Waals surface area (Å²) >= 11 is 0.986. The van der Waals surface area contributed by atoms with Crippen molar-refractivity contribution in [1.82, 2.24) is 15.4 Å². The molecule has 0 bridgehead atoms. The number of aliphatic hydroxyl groups excluding tert-OH is 1. The number of hydroxylamine groups is 1. The topological polar surface area (TPSA) is 88.4 Å². The van der Waals surface area contributed by atoms with Crippen molar-refractivity contribution >= 4 is 17.2 Å². The van der Waals surface area contributed by atoms with Crippen molar-refractivity contribution in [2.75, 3.05) is 19.7 Å². The normalized spacial score (nSPS) is 18.3. The maximum Gasteiger partial charge on any atom is 0.422 e. The van der Waals surface area contributed by atoms with Crippen LogP contribution >= 0.6 is 11.3 Å². The molecule has 0 spiro atoms. The third-order valence-electron chi connectivity index (χ3n) is 7.20. The van der Waals surface area contributed by atoms with Gasteiger partial charge in [0.25, 0.3) is 6.41 Å². The van der Waals surface area contributed by atoms with Gasteiger partial charge < -0.3 is 14.6 Å². The summed E-state index contributed by atoms with van der Waals surface area (Å²) in [6.45, 7) is -1.95. The van der Waals surface area contributed by atoms with E-state index in [0.717, 1.165) is 35.6 Å². The summed E-state index contributed by atoms with van der Waals surface area (Å²) in [6.07, 6.45) is -15.7. The molecule has 1 unspecified atom stereocenters. The molecule has 1 aromatic heterocycles. The Bertz CT molecular complexity index is 1580. The lowest BCUT2D eigenvalue weighted by Crippen LogP contribution is -2.38. The summed E-state index contributed by atoms with van der Waals surface area (Å²) in [7, 11) is 0. The Labute approximate surface area is 263 Å². The second kappa shape index (κ2) is 13.4. The minimum Gasteiger partial charge on any atom is -0.485 e. The SMILES string of the molecule is OC1N=C(c2cc(F)c(OCc3sc(-c4ccc(C(F)(F)F)cc4)nc3CN3CCC(C(F)(F)F)CC3)cc2OCC(F)(F)F)NO1. The summed E-state index contributed by atoms with van der Waals surface area (Å²) in [6, 6.07) is 5.72. The van der Waals surface area contributed by atoms with E-state index in [4.69, 9.17) is 9.47 Å². The Hall–Kier alpha value is -3.68. The fourth-order valence-electron chi connectivity index (χ4n) is 4.82. The largest absolute Gasteiger partial charge is 0.485 e. The van der Waals surface area contributed by atoms with Crippen LogP contribution in [0.25, 0.3) is 10.6 Å². The Morgan fingerprint density at radius 3 is 2.21 bits per heavy atom. The van der Waals surface area contributed by atoms with Gasteiger partial charge in [0.05, 0.1) is 27.6 Å². The molecule has 2 aliphatic rings. The molecule has 1 saturated heterocycles. The number of piperidine rings is 1. The van der Waals surface area contributed by atoms with Crippen molar-refractivity contribution < 1.29 is 63.3 Å². The molecule has 19 heteroatoms. The van der Waals surface area contributed by atoms with Crippen LogP contribution in [0.1, 0.15) is 34.5 Å². The molecule has 0 amide bonds. The van der Waals surface area contributed by atoms with Crippen molar-refractivity contribution in [1.29, 1.82) is 0 Å². The Kier molecular flexibility index (Phi) is 9.91. The lowest BCUT2D eigenvalue weighted by atomic mass is 9.96. The number of aromatic nitrogens is 1. The number of alkyl halides is 9. The van der Waals surface area contributed by atoms with Gasteiger partial charge in [-0.3, -0.25) is 4.90 Å². The molecule has 0 saturated carbocycles. The maximum absolute atomic E-state index is 15.2. The number of aliphatic imine (C=N–C) groups is 1. The first-order valence-electron chi connectivity index (χ1n) is 13.8. The van der Waals surface area contributed by atoms with Crippen molar-refractivity contribution in [2.45, 2.75) is 50.9 Å². The number of hydrogen-bond donors (Lipinski definition) is 2. The van der Waals surface area contributed by atoms with Crippen molar-refractivity contribution in [2.24, 2.45) is 10.9 Å². The van der Waals surface area contributed by atoms with Gasteiger partial charge in [0.2, 0.25) is 0 Å². The lowest BCUT2D eigenvalue weighted by molar-refractivity contribution is -0.185. The zero-order chi connectivity index (χ0) is 34.1. The molecule has 2 aromatic carbocycles. The van der Waals surface area contributed by atoms with E-state index in [9.17, 15) is 44.6 Å². The third-order valence-corrected chi connectivity index (χ3v) is 8.32. The summed E-state index contributed by atoms with van der Waals surface area (Å²) in [5.41, 5.74) is 1.56. The van der Waals surface area contributed by atoms with Crippen molar-refractivity contribution in [3.63, 3.8) is 0 Å². The highest BCUT2D eigenvalue weighted by Crippen LogP contribution is 2.37. The molecule has 3 aromatic rings. The highest BCUT2D eigenvalue weighted by Gasteiger charge is 2.41. The van der Waals surface area contributed by atoms with Crippen LogP contribution in [0.15, 0.2) is 41.4 Å². The number of aliphatic hydroxyl groups is 1. The Morgan fingerprint density at radius 1 is 0.957 bits per heavy atom. The molecule has 256 valence electrons. The van der Waals surface area contributed by atoms with E-state index in [-0.39, 0.29) is 48.9 Å². The van der Waals surface area contributed by atoms with Gasteiger partial charge in [0.15, 0.2) is 24.0 Å². The third kappa shape index (κ3) is 8.82. The fourth-order valence-corrected chi connectivity index (χ4v) is 5.81. The van der Waals surface area contributed by atoms with Crippen LogP contribution in [0.2, 0.25) is 0 Å². The first kappa shape index (κ1) is 34.6. The highest BCUT2D eigenvalue weighted by molar-refractivity contribution is 7.15. The summed E-state index contributed by atoms with van der Waals surface area (Å²) in [4.78, 5) is 14.8. The highest BCUT2D eigenvalue weighted by atomic mass is 32.1. The van der Waals surface area contributed by atoms with E-state index < -0.39 is 67.0 Å². The van der Waals surface area contributed by atoms with Crippen molar-refractivity contribution in [3.8, 4) is 22.1 Å². The lowest BCUT2D eigenvalue weighted by Gasteiger charge is -2.32. The molecule has 5 rings (SSSR count). The molecule has 2 N–H and O–H groups in total. The smallest absolute Gasteiger partial charge is 0.422 e. The van der Waals surface area contributed by atoms with Crippen LogP contribution in [-0.2, 0) is 24.2 Å². The molecule has 47 heavy (non-hydrogen) atoms. The summed E-state index contributed by atoms with van der Waals surface area (Å²) in [5.74, 6) is -3.91. The number of rotatable bonds is 9. The zero-order valence-electron chi connectivity index (χ0n) is 23.8. The van der Waals surface area contributed by atoms with E-state index in [0.29, 0.717) is 16.1 Å². The summed E-state index contributed by atoms with van der Waals surface area (Å²) < 4.78 is 143. The van der Waals surface area contributed by atoms with Gasteiger partial charge in [-0.25, -0.2) is 24.7 Å². The predicted octanol–water partition coefficient (Wildman–Crippen LogP) is 6.82. The number of halogens is 10. The average Bonchev–Trinajstić information content (AvgIpc) is 3.60. The number of likely N-dealkylation sites (tertiary alicyclic amines) is 1. The number of nitrogens with zero attached hydrogens (tertiary/aromatic N) is 3. The van der Waals surface area contributed by atoms with Gasteiger partial charge in [-0.05, 0) is 44.1 Å². The Morgan fingerprint density at radius 2 is 1.64 bits per heavy atom. The summed E-state index contributed by atoms with van der Waals surface area (Å²) in [5, 5.41) is 9.71. The molecule has 0 radical (unpaired) electrons. The first-order chi connectivity index (χ1) is 22.0. The van der Waals surface area contributed by atoms with Gasteiger partial charge in [0.1, 0.15) is 17.4 Å². The first-order valence-corrected chi connectivity index (χ1v) is 14.6. The van der Waals surface area contributed by atoms with Crippen LogP contribution in [0, 0.1) is 11.7 Å². The number of benzene rings is 2. The second-order valence-corrected chi connectivity index (χ2v) is 11.6. The van der Waals surface area contributed by atoms with E-state index in [1.54, 1.807) is 4.90 Å². The average molecular weight is 703 g/mol. The van der Waals surface area contributed by atoms with E-state index in [1.807, 2.05) is 0 Å². The molecular weight excluding hydrogens is 678 g/mol. The monoisotopic (exact) mass is 702 g/mol. The fraction of sp³-hybridized carbons (Fsp3) is 0.429. The maximum atomic E-state index is 15.2. The predicted molar refractivity (Wildman–Crippen MR) is 146 cm³/mol. The number of thiazole rings is 1. The molecule has 8 nitrogen and oxygen atoms in total. The van der Waals surface area contributed by atoms with Gasteiger partial charge in [-0.1, -0.05) is 12.1 Å². The molecule has 2 aliphatic heterocycles. The quantitative estimate of drug-likeness (QED) is 0.237. The van der Waals surface area contributed by atoms with Crippen LogP contribution < -0.4 is 15.0 Å². The Balaban J connectivity index is 1.41. The molecule has 3 heterocycles. The van der Waals surface area contributed by atoms with Crippen molar-refractivity contribution in [3.05, 3.63) is 63.9 Å². The zero-order valence-corrected chi connectivity index (χ0v) is 24.6. The number of ether oxygens (including phenoxy) is 2. The van der Waals surface area contributed by atoms with E-state index in [1.165, 1.54) is 12.1 Å². The van der Waals surface area contributed by atoms with Crippen LogP contribution in [0.4, 0.5) is 43.9 Å². The van der Waals surface area contributed by atoms with Crippen LogP contribution in [0.5, 0.6) is 11.5 Å². The standard InChI is InChI=1S/C28H24F10N4O4S/c29-18-9-17(23-40-25(43)46-41-23)20(45-13-26(30,31)32)10-21(18)44-12-22-19(11-42-7-5-16(6-8-42)28(36,37)38)39-24(47-22)14-1-3-15(4-2-14)27(33,34)35/h1-4,9-10,16,25,43H,5-8,11-13H2,(H,40,41). The van der Waals surface area contributed by atoms with Gasteiger partial charge in [0, 0.05) is 18.2 Å². The molecule has 1 fully saturated rings.